The zero-order valence-electron chi connectivity index (χ0n) is 12.4. The van der Waals surface area contributed by atoms with E-state index < -0.39 is 0 Å². The molecule has 0 saturated heterocycles. The van der Waals surface area contributed by atoms with Crippen molar-refractivity contribution in [3.8, 4) is 5.75 Å². The van der Waals surface area contributed by atoms with E-state index in [4.69, 9.17) is 16.3 Å². The molecule has 2 rings (SSSR count). The predicted octanol–water partition coefficient (Wildman–Crippen LogP) is 4.15. The minimum Gasteiger partial charge on any atom is -0.495 e. The summed E-state index contributed by atoms with van der Waals surface area (Å²) in [6.07, 6.45) is 0.323. The van der Waals surface area contributed by atoms with Gasteiger partial charge in [-0.25, -0.2) is 0 Å². The maximum atomic E-state index is 12.2. The normalized spacial score (nSPS) is 10.3. The van der Waals surface area contributed by atoms with E-state index in [1.807, 2.05) is 32.0 Å². The van der Waals surface area contributed by atoms with Gasteiger partial charge in [-0.15, -0.1) is 0 Å². The lowest BCUT2D eigenvalue weighted by Crippen LogP contribution is -2.15. The number of rotatable bonds is 4. The van der Waals surface area contributed by atoms with E-state index in [1.165, 1.54) is 0 Å². The fourth-order valence-electron chi connectivity index (χ4n) is 2.14. The molecule has 1 amide bonds. The molecule has 0 unspecified atom stereocenters. The van der Waals surface area contributed by atoms with Gasteiger partial charge in [-0.3, -0.25) is 4.79 Å². The third-order valence-corrected chi connectivity index (χ3v) is 3.53. The van der Waals surface area contributed by atoms with Crippen LogP contribution < -0.4 is 10.1 Å². The highest BCUT2D eigenvalue weighted by Crippen LogP contribution is 2.27. The highest BCUT2D eigenvalue weighted by Gasteiger charge is 2.10. The summed E-state index contributed by atoms with van der Waals surface area (Å²) in [7, 11) is 1.56. The number of carbonyl (C=O) groups excluding carboxylic acids is 1. The summed E-state index contributed by atoms with van der Waals surface area (Å²) in [4.78, 5) is 12.2. The van der Waals surface area contributed by atoms with E-state index >= 15 is 0 Å². The number of ether oxygens (including phenoxy) is 1. The van der Waals surface area contributed by atoms with Crippen molar-refractivity contribution >= 4 is 23.2 Å². The van der Waals surface area contributed by atoms with E-state index in [-0.39, 0.29) is 5.91 Å². The Morgan fingerprint density at radius 3 is 2.67 bits per heavy atom. The van der Waals surface area contributed by atoms with Crippen molar-refractivity contribution in [2.24, 2.45) is 0 Å². The number of hydrogen-bond donors (Lipinski definition) is 1. The van der Waals surface area contributed by atoms with E-state index in [2.05, 4.69) is 5.32 Å². The van der Waals surface area contributed by atoms with Crippen LogP contribution in [0.15, 0.2) is 36.4 Å². The van der Waals surface area contributed by atoms with Crippen LogP contribution in [0.5, 0.6) is 5.75 Å². The molecule has 0 aromatic heterocycles. The van der Waals surface area contributed by atoms with E-state index in [9.17, 15) is 4.79 Å². The van der Waals surface area contributed by atoms with Gasteiger partial charge in [-0.05, 0) is 43.2 Å². The second-order valence-corrected chi connectivity index (χ2v) is 5.44. The smallest absolute Gasteiger partial charge is 0.228 e. The lowest BCUT2D eigenvalue weighted by Gasteiger charge is -2.11. The van der Waals surface area contributed by atoms with Crippen LogP contribution >= 0.6 is 11.6 Å². The average molecular weight is 304 g/mol. The van der Waals surface area contributed by atoms with Gasteiger partial charge >= 0.3 is 0 Å². The van der Waals surface area contributed by atoms with Gasteiger partial charge in [0.05, 0.1) is 19.2 Å². The summed E-state index contributed by atoms with van der Waals surface area (Å²) in [5, 5.41) is 3.40. The van der Waals surface area contributed by atoms with Crippen LogP contribution in [0.25, 0.3) is 0 Å². The van der Waals surface area contributed by atoms with Crippen LogP contribution in [0.3, 0.4) is 0 Å². The largest absolute Gasteiger partial charge is 0.495 e. The molecule has 0 aliphatic carbocycles. The molecule has 1 N–H and O–H groups in total. The second-order valence-electron chi connectivity index (χ2n) is 5.00. The van der Waals surface area contributed by atoms with Crippen molar-refractivity contribution < 1.29 is 9.53 Å². The SMILES string of the molecule is COc1ccc(Cl)cc1NC(=O)Cc1cc(C)ccc1C. The van der Waals surface area contributed by atoms with Gasteiger partial charge in [-0.2, -0.15) is 0 Å². The summed E-state index contributed by atoms with van der Waals surface area (Å²) in [5.74, 6) is 0.498. The van der Waals surface area contributed by atoms with Crippen molar-refractivity contribution in [2.75, 3.05) is 12.4 Å². The van der Waals surface area contributed by atoms with Crippen LogP contribution in [0, 0.1) is 13.8 Å². The Kier molecular flexibility index (Phi) is 4.86. The second kappa shape index (κ2) is 6.64. The standard InChI is InChI=1S/C17H18ClNO2/c1-11-4-5-12(2)13(8-11)9-17(20)19-15-10-14(18)6-7-16(15)21-3/h4-8,10H,9H2,1-3H3,(H,19,20). The number of methoxy groups -OCH3 is 1. The van der Waals surface area contributed by atoms with Gasteiger partial charge in [0.15, 0.2) is 0 Å². The Labute approximate surface area is 129 Å². The minimum atomic E-state index is -0.0933. The monoisotopic (exact) mass is 303 g/mol. The van der Waals surface area contributed by atoms with Crippen molar-refractivity contribution in [2.45, 2.75) is 20.3 Å². The van der Waals surface area contributed by atoms with Gasteiger partial charge in [0.2, 0.25) is 5.91 Å². The predicted molar refractivity (Wildman–Crippen MR) is 86.3 cm³/mol. The molecule has 2 aromatic rings. The summed E-state index contributed by atoms with van der Waals surface area (Å²) in [6, 6.07) is 11.2. The highest BCUT2D eigenvalue weighted by molar-refractivity contribution is 6.31. The minimum absolute atomic E-state index is 0.0933. The topological polar surface area (TPSA) is 38.3 Å². The van der Waals surface area contributed by atoms with Crippen LogP contribution in [0.2, 0.25) is 5.02 Å². The Morgan fingerprint density at radius 1 is 1.19 bits per heavy atom. The van der Waals surface area contributed by atoms with Gasteiger partial charge in [0.25, 0.3) is 0 Å². The highest BCUT2D eigenvalue weighted by atomic mass is 35.5. The molecule has 110 valence electrons. The molecule has 0 spiro atoms. The Morgan fingerprint density at radius 2 is 1.95 bits per heavy atom. The molecular weight excluding hydrogens is 286 g/mol. The van der Waals surface area contributed by atoms with Gasteiger partial charge < -0.3 is 10.1 Å². The van der Waals surface area contributed by atoms with Gasteiger partial charge in [0, 0.05) is 5.02 Å². The van der Waals surface area contributed by atoms with Crippen LogP contribution in [-0.4, -0.2) is 13.0 Å². The quantitative estimate of drug-likeness (QED) is 0.921. The molecule has 0 atom stereocenters. The first kappa shape index (κ1) is 15.4. The molecule has 0 saturated carbocycles. The number of benzene rings is 2. The number of hydrogen-bond acceptors (Lipinski definition) is 2. The van der Waals surface area contributed by atoms with Crippen molar-refractivity contribution in [1.29, 1.82) is 0 Å². The fraction of sp³-hybridized carbons (Fsp3) is 0.235. The van der Waals surface area contributed by atoms with Gasteiger partial charge in [-0.1, -0.05) is 35.4 Å². The molecule has 0 bridgehead atoms. The van der Waals surface area contributed by atoms with Gasteiger partial charge in [0.1, 0.15) is 5.75 Å². The Balaban J connectivity index is 2.15. The molecule has 0 fully saturated rings. The number of amides is 1. The number of carbonyl (C=O) groups is 1. The first-order valence-electron chi connectivity index (χ1n) is 6.69. The lowest BCUT2D eigenvalue weighted by atomic mass is 10.0. The average Bonchev–Trinajstić information content (AvgIpc) is 2.43. The Hall–Kier alpha value is -2.00. The summed E-state index contributed by atoms with van der Waals surface area (Å²) < 4.78 is 5.22. The Bertz CT molecular complexity index is 668. The maximum absolute atomic E-state index is 12.2. The first-order valence-corrected chi connectivity index (χ1v) is 7.07. The third-order valence-electron chi connectivity index (χ3n) is 3.29. The van der Waals surface area contributed by atoms with Crippen molar-refractivity contribution in [3.05, 3.63) is 58.1 Å². The zero-order valence-corrected chi connectivity index (χ0v) is 13.1. The molecule has 0 aliphatic rings. The molecule has 2 aromatic carbocycles. The molecule has 0 radical (unpaired) electrons. The number of aryl methyl sites for hydroxylation is 2. The number of anilines is 1. The molecule has 4 heteroatoms. The maximum Gasteiger partial charge on any atom is 0.228 e. The molecule has 0 heterocycles. The summed E-state index contributed by atoms with van der Waals surface area (Å²) in [6.45, 7) is 4.02. The van der Waals surface area contributed by atoms with Crippen molar-refractivity contribution in [3.63, 3.8) is 0 Å². The molecule has 3 nitrogen and oxygen atoms in total. The summed E-state index contributed by atoms with van der Waals surface area (Å²) >= 11 is 5.96. The zero-order chi connectivity index (χ0) is 15.4. The van der Waals surface area contributed by atoms with E-state index in [0.29, 0.717) is 22.9 Å². The number of halogens is 1. The third kappa shape index (κ3) is 3.99. The van der Waals surface area contributed by atoms with Crippen LogP contribution in [0.4, 0.5) is 5.69 Å². The molecule has 21 heavy (non-hydrogen) atoms. The van der Waals surface area contributed by atoms with Crippen LogP contribution in [0.1, 0.15) is 16.7 Å². The molecular formula is C17H18ClNO2. The van der Waals surface area contributed by atoms with Crippen LogP contribution in [-0.2, 0) is 11.2 Å². The fourth-order valence-corrected chi connectivity index (χ4v) is 2.31. The van der Waals surface area contributed by atoms with E-state index in [0.717, 1.165) is 16.7 Å². The van der Waals surface area contributed by atoms with Crippen molar-refractivity contribution in [1.82, 2.24) is 0 Å². The number of nitrogens with one attached hydrogen (secondary N) is 1. The summed E-state index contributed by atoms with van der Waals surface area (Å²) in [5.41, 5.74) is 3.85. The molecule has 0 aliphatic heterocycles. The van der Waals surface area contributed by atoms with E-state index in [1.54, 1.807) is 25.3 Å². The first-order chi connectivity index (χ1) is 9.99. The lowest BCUT2D eigenvalue weighted by molar-refractivity contribution is -0.115.